The summed E-state index contributed by atoms with van der Waals surface area (Å²) in [5.74, 6) is 0. The third kappa shape index (κ3) is 3.41. The van der Waals surface area contributed by atoms with Crippen LogP contribution in [0.5, 0.6) is 0 Å². The number of aromatic nitrogens is 1. The van der Waals surface area contributed by atoms with E-state index in [1.807, 2.05) is 0 Å². The van der Waals surface area contributed by atoms with Crippen LogP contribution in [-0.2, 0) is 10.0 Å². The van der Waals surface area contributed by atoms with Crippen LogP contribution in [0.25, 0.3) is 0 Å². The standard InChI is InChI=1S/C9H13ClN2O3S/c1-2-7(13)5-12-16(14,15)9-6-11-4-3-8(9)10/h3-4,6-7,12-13H,2,5H2,1H3/t7-/m1/s1. The molecule has 0 spiro atoms. The van der Waals surface area contributed by atoms with Crippen molar-refractivity contribution >= 4 is 21.6 Å². The van der Waals surface area contributed by atoms with Crippen molar-refractivity contribution in [2.24, 2.45) is 0 Å². The summed E-state index contributed by atoms with van der Waals surface area (Å²) < 4.78 is 25.7. The molecule has 1 aromatic heterocycles. The van der Waals surface area contributed by atoms with Crippen molar-refractivity contribution < 1.29 is 13.5 Å². The zero-order chi connectivity index (χ0) is 12.2. The summed E-state index contributed by atoms with van der Waals surface area (Å²) >= 11 is 5.74. The highest BCUT2D eigenvalue weighted by atomic mass is 35.5. The molecule has 0 saturated heterocycles. The van der Waals surface area contributed by atoms with Crippen molar-refractivity contribution in [1.82, 2.24) is 9.71 Å². The van der Waals surface area contributed by atoms with E-state index >= 15 is 0 Å². The minimum absolute atomic E-state index is 0.0376. The van der Waals surface area contributed by atoms with Gasteiger partial charge in [-0.1, -0.05) is 18.5 Å². The number of pyridine rings is 1. The molecular formula is C9H13ClN2O3S. The molecule has 16 heavy (non-hydrogen) atoms. The van der Waals surface area contributed by atoms with Gasteiger partial charge in [-0.15, -0.1) is 0 Å². The molecular weight excluding hydrogens is 252 g/mol. The number of halogens is 1. The SMILES string of the molecule is CC[C@@H](O)CNS(=O)(=O)c1cnccc1Cl. The summed E-state index contributed by atoms with van der Waals surface area (Å²) in [5, 5.41) is 9.37. The third-order valence-corrected chi connectivity index (χ3v) is 3.90. The Morgan fingerprint density at radius 2 is 2.31 bits per heavy atom. The minimum atomic E-state index is -3.70. The van der Waals surface area contributed by atoms with Crippen LogP contribution >= 0.6 is 11.6 Å². The molecule has 5 nitrogen and oxygen atoms in total. The van der Waals surface area contributed by atoms with E-state index in [4.69, 9.17) is 11.6 Å². The number of aliphatic hydroxyl groups is 1. The number of aliphatic hydroxyl groups excluding tert-OH is 1. The highest BCUT2D eigenvalue weighted by Crippen LogP contribution is 2.18. The monoisotopic (exact) mass is 264 g/mol. The maximum absolute atomic E-state index is 11.7. The number of rotatable bonds is 5. The van der Waals surface area contributed by atoms with Crippen LogP contribution in [0.4, 0.5) is 0 Å². The molecule has 7 heteroatoms. The van der Waals surface area contributed by atoms with Gasteiger partial charge in [-0.2, -0.15) is 0 Å². The normalized spacial score (nSPS) is 13.7. The molecule has 0 saturated carbocycles. The van der Waals surface area contributed by atoms with Crippen molar-refractivity contribution in [2.45, 2.75) is 24.3 Å². The first kappa shape index (κ1) is 13.4. The van der Waals surface area contributed by atoms with E-state index in [0.717, 1.165) is 0 Å². The van der Waals surface area contributed by atoms with Gasteiger partial charge in [-0.05, 0) is 12.5 Å². The average Bonchev–Trinajstić information content (AvgIpc) is 2.26. The highest BCUT2D eigenvalue weighted by molar-refractivity contribution is 7.89. The number of hydrogen-bond donors (Lipinski definition) is 2. The molecule has 2 N–H and O–H groups in total. The van der Waals surface area contributed by atoms with E-state index < -0.39 is 16.1 Å². The lowest BCUT2D eigenvalue weighted by Gasteiger charge is -2.10. The van der Waals surface area contributed by atoms with Crippen molar-refractivity contribution in [3.63, 3.8) is 0 Å². The van der Waals surface area contributed by atoms with E-state index in [1.165, 1.54) is 18.5 Å². The van der Waals surface area contributed by atoms with E-state index in [2.05, 4.69) is 9.71 Å². The Hall–Kier alpha value is -0.690. The molecule has 1 heterocycles. The molecule has 0 aliphatic heterocycles. The molecule has 1 aromatic rings. The van der Waals surface area contributed by atoms with Crippen LogP contribution in [0, 0.1) is 0 Å². The van der Waals surface area contributed by atoms with Crippen LogP contribution in [0.1, 0.15) is 13.3 Å². The molecule has 0 aromatic carbocycles. The van der Waals surface area contributed by atoms with E-state index in [-0.39, 0.29) is 16.5 Å². The fourth-order valence-electron chi connectivity index (χ4n) is 0.989. The molecule has 0 amide bonds. The van der Waals surface area contributed by atoms with Crippen molar-refractivity contribution in [3.05, 3.63) is 23.5 Å². The first-order chi connectivity index (χ1) is 7.47. The second kappa shape index (κ2) is 5.58. The molecule has 0 bridgehead atoms. The Morgan fingerprint density at radius 1 is 1.62 bits per heavy atom. The Bertz CT molecular complexity index is 450. The molecule has 0 radical (unpaired) electrons. The molecule has 0 fully saturated rings. The number of hydrogen-bond acceptors (Lipinski definition) is 4. The Morgan fingerprint density at radius 3 is 2.88 bits per heavy atom. The van der Waals surface area contributed by atoms with Gasteiger partial charge in [0.1, 0.15) is 4.90 Å². The zero-order valence-corrected chi connectivity index (χ0v) is 10.3. The largest absolute Gasteiger partial charge is 0.392 e. The van der Waals surface area contributed by atoms with Crippen molar-refractivity contribution in [2.75, 3.05) is 6.54 Å². The lowest BCUT2D eigenvalue weighted by molar-refractivity contribution is 0.174. The topological polar surface area (TPSA) is 79.3 Å². The lowest BCUT2D eigenvalue weighted by Crippen LogP contribution is -2.32. The van der Waals surface area contributed by atoms with Crippen LogP contribution in [0.2, 0.25) is 5.02 Å². The first-order valence-corrected chi connectivity index (χ1v) is 6.60. The summed E-state index contributed by atoms with van der Waals surface area (Å²) in [6, 6.07) is 1.40. The quantitative estimate of drug-likeness (QED) is 0.824. The van der Waals surface area contributed by atoms with Gasteiger partial charge in [-0.25, -0.2) is 13.1 Å². The Kier molecular flexibility index (Phi) is 4.67. The van der Waals surface area contributed by atoms with E-state index in [1.54, 1.807) is 6.92 Å². The van der Waals surface area contributed by atoms with Crippen LogP contribution in [-0.4, -0.2) is 31.2 Å². The van der Waals surface area contributed by atoms with Gasteiger partial charge in [0.2, 0.25) is 10.0 Å². The van der Waals surface area contributed by atoms with Gasteiger partial charge in [0.05, 0.1) is 11.1 Å². The van der Waals surface area contributed by atoms with Crippen LogP contribution in [0.3, 0.4) is 0 Å². The number of nitrogens with one attached hydrogen (secondary N) is 1. The highest BCUT2D eigenvalue weighted by Gasteiger charge is 2.18. The summed E-state index contributed by atoms with van der Waals surface area (Å²) in [7, 11) is -3.70. The molecule has 0 unspecified atom stereocenters. The van der Waals surface area contributed by atoms with Crippen LogP contribution in [0.15, 0.2) is 23.4 Å². The third-order valence-electron chi connectivity index (χ3n) is 2.00. The second-order valence-corrected chi connectivity index (χ2v) is 5.36. The van der Waals surface area contributed by atoms with Crippen molar-refractivity contribution in [1.29, 1.82) is 0 Å². The Labute approximate surface area is 99.5 Å². The molecule has 1 atom stereocenters. The summed E-state index contributed by atoms with van der Waals surface area (Å²) in [4.78, 5) is 3.61. The molecule has 0 aliphatic rings. The molecule has 1 rings (SSSR count). The van der Waals surface area contributed by atoms with Gasteiger partial charge in [-0.3, -0.25) is 4.98 Å². The van der Waals surface area contributed by atoms with Gasteiger partial charge in [0, 0.05) is 18.9 Å². The van der Waals surface area contributed by atoms with Crippen LogP contribution < -0.4 is 4.72 Å². The first-order valence-electron chi connectivity index (χ1n) is 4.74. The van der Waals surface area contributed by atoms with Gasteiger partial charge < -0.3 is 5.11 Å². The average molecular weight is 265 g/mol. The fourth-order valence-corrected chi connectivity index (χ4v) is 2.49. The maximum Gasteiger partial charge on any atom is 0.243 e. The number of sulfonamides is 1. The van der Waals surface area contributed by atoms with Gasteiger partial charge in [0.15, 0.2) is 0 Å². The zero-order valence-electron chi connectivity index (χ0n) is 8.72. The predicted molar refractivity (Wildman–Crippen MR) is 60.7 cm³/mol. The Balaban J connectivity index is 2.83. The van der Waals surface area contributed by atoms with E-state index in [0.29, 0.717) is 6.42 Å². The maximum atomic E-state index is 11.7. The van der Waals surface area contributed by atoms with Gasteiger partial charge in [0.25, 0.3) is 0 Å². The fraction of sp³-hybridized carbons (Fsp3) is 0.444. The lowest BCUT2D eigenvalue weighted by atomic mass is 10.3. The van der Waals surface area contributed by atoms with E-state index in [9.17, 15) is 13.5 Å². The molecule has 0 aliphatic carbocycles. The summed E-state index contributed by atoms with van der Waals surface area (Å²) in [5.41, 5.74) is 0. The van der Waals surface area contributed by atoms with Crippen molar-refractivity contribution in [3.8, 4) is 0 Å². The summed E-state index contributed by atoms with van der Waals surface area (Å²) in [6.45, 7) is 1.72. The molecule has 90 valence electrons. The summed E-state index contributed by atoms with van der Waals surface area (Å²) in [6.07, 6.45) is 2.35. The number of nitrogens with zero attached hydrogens (tertiary/aromatic N) is 1. The minimum Gasteiger partial charge on any atom is -0.392 e. The van der Waals surface area contributed by atoms with Gasteiger partial charge >= 0.3 is 0 Å². The smallest absolute Gasteiger partial charge is 0.243 e. The second-order valence-electron chi connectivity index (χ2n) is 3.22. The predicted octanol–water partition coefficient (Wildman–Crippen LogP) is 0.784.